The lowest BCUT2D eigenvalue weighted by atomic mass is 10.2. The van der Waals surface area contributed by atoms with E-state index in [1.807, 2.05) is 44.7 Å². The number of likely N-dealkylation sites (tertiary alicyclic amines) is 1. The first-order valence-electron chi connectivity index (χ1n) is 8.05. The number of aryl methyl sites for hydroxylation is 1. The van der Waals surface area contributed by atoms with Crippen molar-refractivity contribution in [2.45, 2.75) is 65.1 Å². The van der Waals surface area contributed by atoms with E-state index in [4.69, 9.17) is 9.15 Å². The van der Waals surface area contributed by atoms with Crippen LogP contribution in [0.25, 0.3) is 0 Å². The van der Waals surface area contributed by atoms with Crippen LogP contribution >= 0.6 is 0 Å². The average Bonchev–Trinajstić information content (AvgIpc) is 3.02. The third-order valence-electron chi connectivity index (χ3n) is 3.85. The molecule has 2 rings (SSSR count). The summed E-state index contributed by atoms with van der Waals surface area (Å²) in [5, 5.41) is 3.46. The van der Waals surface area contributed by atoms with Gasteiger partial charge in [-0.2, -0.15) is 0 Å². The van der Waals surface area contributed by atoms with E-state index in [0.29, 0.717) is 0 Å². The van der Waals surface area contributed by atoms with Crippen LogP contribution < -0.4 is 5.32 Å². The second-order valence-corrected chi connectivity index (χ2v) is 7.05. The van der Waals surface area contributed by atoms with Crippen molar-refractivity contribution in [3.63, 3.8) is 0 Å². The molecule has 0 bridgehead atoms. The number of nitrogens with zero attached hydrogens (tertiary/aromatic N) is 1. The Morgan fingerprint density at radius 1 is 1.50 bits per heavy atom. The van der Waals surface area contributed by atoms with Gasteiger partial charge in [0.05, 0.1) is 6.04 Å². The smallest absolute Gasteiger partial charge is 0.410 e. The molecule has 1 fully saturated rings. The highest BCUT2D eigenvalue weighted by Crippen LogP contribution is 2.22. The maximum atomic E-state index is 12.2. The van der Waals surface area contributed by atoms with Crippen molar-refractivity contribution in [2.24, 2.45) is 0 Å². The summed E-state index contributed by atoms with van der Waals surface area (Å²) in [5.74, 6) is 1.85. The van der Waals surface area contributed by atoms with Gasteiger partial charge in [-0.15, -0.1) is 0 Å². The molecule has 124 valence electrons. The molecule has 0 radical (unpaired) electrons. The summed E-state index contributed by atoms with van der Waals surface area (Å²) in [6.45, 7) is 11.2. The standard InChI is InChI=1S/C17H28N2O3/c1-12-8-9-15(21-12)13(2)18-11-14-7-6-10-19(14)16(20)22-17(3,4)5/h8-9,13-14,18H,6-7,10-11H2,1-5H3. The highest BCUT2D eigenvalue weighted by Gasteiger charge is 2.32. The van der Waals surface area contributed by atoms with E-state index in [1.165, 1.54) is 0 Å². The quantitative estimate of drug-likeness (QED) is 0.922. The molecule has 1 aliphatic heterocycles. The highest BCUT2D eigenvalue weighted by molar-refractivity contribution is 5.69. The first-order chi connectivity index (χ1) is 10.3. The summed E-state index contributed by atoms with van der Waals surface area (Å²) in [6, 6.07) is 4.28. The molecule has 0 aliphatic carbocycles. The maximum absolute atomic E-state index is 12.2. The fourth-order valence-corrected chi connectivity index (χ4v) is 2.71. The predicted octanol–water partition coefficient (Wildman–Crippen LogP) is 3.64. The number of carbonyl (C=O) groups excluding carboxylic acids is 1. The molecule has 2 unspecified atom stereocenters. The normalized spacial score (nSPS) is 20.2. The molecular formula is C17H28N2O3. The van der Waals surface area contributed by atoms with Gasteiger partial charge in [-0.25, -0.2) is 4.79 Å². The molecule has 1 saturated heterocycles. The van der Waals surface area contributed by atoms with Crippen LogP contribution in [0, 0.1) is 6.92 Å². The lowest BCUT2D eigenvalue weighted by Crippen LogP contribution is -2.44. The predicted molar refractivity (Wildman–Crippen MR) is 85.8 cm³/mol. The van der Waals surface area contributed by atoms with Gasteiger partial charge in [0.25, 0.3) is 0 Å². The Morgan fingerprint density at radius 2 is 2.23 bits per heavy atom. The summed E-state index contributed by atoms with van der Waals surface area (Å²) in [5.41, 5.74) is -0.448. The largest absolute Gasteiger partial charge is 0.465 e. The summed E-state index contributed by atoms with van der Waals surface area (Å²) in [6.07, 6.45) is 1.83. The zero-order valence-electron chi connectivity index (χ0n) is 14.3. The minimum absolute atomic E-state index is 0.134. The Hall–Kier alpha value is -1.49. The second-order valence-electron chi connectivity index (χ2n) is 7.05. The van der Waals surface area contributed by atoms with Crippen LogP contribution in [-0.2, 0) is 4.74 Å². The van der Waals surface area contributed by atoms with Crippen LogP contribution in [-0.4, -0.2) is 35.7 Å². The van der Waals surface area contributed by atoms with E-state index >= 15 is 0 Å². The van der Waals surface area contributed by atoms with Crippen molar-refractivity contribution in [1.82, 2.24) is 10.2 Å². The number of carbonyl (C=O) groups is 1. The van der Waals surface area contributed by atoms with Gasteiger partial charge in [-0.1, -0.05) is 0 Å². The molecule has 1 aromatic heterocycles. The summed E-state index contributed by atoms with van der Waals surface area (Å²) in [4.78, 5) is 14.1. The fourth-order valence-electron chi connectivity index (χ4n) is 2.71. The van der Waals surface area contributed by atoms with Crippen molar-refractivity contribution in [3.05, 3.63) is 23.7 Å². The summed E-state index contributed by atoms with van der Waals surface area (Å²) in [7, 11) is 0. The number of rotatable bonds is 4. The number of furan rings is 1. The molecule has 1 aliphatic rings. The molecule has 0 spiro atoms. The van der Waals surface area contributed by atoms with E-state index < -0.39 is 5.60 Å². The molecule has 5 heteroatoms. The van der Waals surface area contributed by atoms with Crippen molar-refractivity contribution >= 4 is 6.09 Å². The third-order valence-corrected chi connectivity index (χ3v) is 3.85. The molecule has 22 heavy (non-hydrogen) atoms. The van der Waals surface area contributed by atoms with E-state index in [2.05, 4.69) is 12.2 Å². The van der Waals surface area contributed by atoms with Crippen molar-refractivity contribution < 1.29 is 13.9 Å². The fraction of sp³-hybridized carbons (Fsp3) is 0.706. The average molecular weight is 308 g/mol. The van der Waals surface area contributed by atoms with Gasteiger partial charge in [0, 0.05) is 19.1 Å². The van der Waals surface area contributed by atoms with Crippen LogP contribution in [0.1, 0.15) is 58.1 Å². The molecule has 2 atom stereocenters. The Morgan fingerprint density at radius 3 is 2.82 bits per heavy atom. The number of amides is 1. The van der Waals surface area contributed by atoms with Crippen LogP contribution in [0.15, 0.2) is 16.5 Å². The molecule has 2 heterocycles. The van der Waals surface area contributed by atoms with Gasteiger partial charge in [0.2, 0.25) is 0 Å². The zero-order valence-corrected chi connectivity index (χ0v) is 14.3. The van der Waals surface area contributed by atoms with E-state index in [1.54, 1.807) is 0 Å². The zero-order chi connectivity index (χ0) is 16.3. The number of hydrogen-bond acceptors (Lipinski definition) is 4. The number of nitrogens with one attached hydrogen (secondary N) is 1. The monoisotopic (exact) mass is 308 g/mol. The first-order valence-corrected chi connectivity index (χ1v) is 8.05. The molecule has 1 amide bonds. The van der Waals surface area contributed by atoms with E-state index in [9.17, 15) is 4.79 Å². The SMILES string of the molecule is Cc1ccc(C(C)NCC2CCCN2C(=O)OC(C)(C)C)o1. The molecular weight excluding hydrogens is 280 g/mol. The van der Waals surface area contributed by atoms with Crippen molar-refractivity contribution in [3.8, 4) is 0 Å². The number of ether oxygens (including phenoxy) is 1. The highest BCUT2D eigenvalue weighted by atomic mass is 16.6. The minimum atomic E-state index is -0.448. The molecule has 5 nitrogen and oxygen atoms in total. The maximum Gasteiger partial charge on any atom is 0.410 e. The molecule has 1 N–H and O–H groups in total. The van der Waals surface area contributed by atoms with E-state index in [-0.39, 0.29) is 18.2 Å². The van der Waals surface area contributed by atoms with Gasteiger partial charge < -0.3 is 19.4 Å². The third kappa shape index (κ3) is 4.50. The Kier molecular flexibility index (Phi) is 5.16. The van der Waals surface area contributed by atoms with Crippen LogP contribution in [0.2, 0.25) is 0 Å². The molecule has 1 aromatic rings. The van der Waals surface area contributed by atoms with Crippen LogP contribution in [0.3, 0.4) is 0 Å². The Labute approximate surface area is 133 Å². The van der Waals surface area contributed by atoms with Gasteiger partial charge in [-0.3, -0.25) is 0 Å². The lowest BCUT2D eigenvalue weighted by molar-refractivity contribution is 0.0224. The van der Waals surface area contributed by atoms with Gasteiger partial charge in [0.1, 0.15) is 17.1 Å². The Bertz CT molecular complexity index is 504. The van der Waals surface area contributed by atoms with Gasteiger partial charge in [-0.05, 0) is 59.6 Å². The molecule has 0 saturated carbocycles. The topological polar surface area (TPSA) is 54.7 Å². The van der Waals surface area contributed by atoms with Gasteiger partial charge >= 0.3 is 6.09 Å². The molecule has 0 aromatic carbocycles. The lowest BCUT2D eigenvalue weighted by Gasteiger charge is -2.29. The summed E-state index contributed by atoms with van der Waals surface area (Å²) < 4.78 is 11.1. The van der Waals surface area contributed by atoms with Crippen LogP contribution in [0.4, 0.5) is 4.79 Å². The summed E-state index contributed by atoms with van der Waals surface area (Å²) >= 11 is 0. The minimum Gasteiger partial charge on any atom is -0.465 e. The van der Waals surface area contributed by atoms with Crippen molar-refractivity contribution in [2.75, 3.05) is 13.1 Å². The van der Waals surface area contributed by atoms with E-state index in [0.717, 1.165) is 37.5 Å². The van der Waals surface area contributed by atoms with Gasteiger partial charge in [0.15, 0.2) is 0 Å². The Balaban J connectivity index is 1.87. The second kappa shape index (κ2) is 6.73. The van der Waals surface area contributed by atoms with Crippen LogP contribution in [0.5, 0.6) is 0 Å². The van der Waals surface area contributed by atoms with Crippen molar-refractivity contribution in [1.29, 1.82) is 0 Å². The first kappa shape index (κ1) is 16.9. The number of hydrogen-bond donors (Lipinski definition) is 1.